The number of ether oxygens (including phenoxy) is 4. The van der Waals surface area contributed by atoms with E-state index in [0.717, 1.165) is 33.9 Å². The van der Waals surface area contributed by atoms with Crippen LogP contribution in [-0.4, -0.2) is 51.3 Å². The van der Waals surface area contributed by atoms with Crippen LogP contribution in [0.25, 0.3) is 0 Å². The fraction of sp³-hybridized carbons (Fsp3) is 0.136. The Morgan fingerprint density at radius 2 is 0.714 bits per heavy atom. The summed E-state index contributed by atoms with van der Waals surface area (Å²) in [5.74, 6) is 2.28. The molecule has 0 fully saturated rings. The van der Waals surface area contributed by atoms with Gasteiger partial charge in [0, 0.05) is 11.1 Å². The standard InChI is InChI=1S/C44H42N8O4/c1-5-13-37(14-6-1)45-49-43(50-46-38-15-7-2-8-16-38)35-21-25-41(26-22-35)55-33-31-53-29-30-54-32-34-56-42-27-23-36(24-28-42)44(51-47-39-17-9-3-10-18-39)52-48-40-19-11-4-12-20-40/h1-28,45,47H,29-34H2. The highest BCUT2D eigenvalue weighted by Gasteiger charge is 2.07. The topological polar surface area (TPSA) is 135 Å². The molecule has 0 atom stereocenters. The minimum absolute atomic E-state index is 0.394. The van der Waals surface area contributed by atoms with E-state index >= 15 is 0 Å². The number of nitrogens with one attached hydrogen (secondary N) is 2. The molecule has 282 valence electrons. The predicted octanol–water partition coefficient (Wildman–Crippen LogP) is 10.3. The Morgan fingerprint density at radius 1 is 0.375 bits per heavy atom. The molecular formula is C44H42N8O4. The van der Waals surface area contributed by atoms with Crippen LogP contribution in [0, 0.1) is 0 Å². The highest BCUT2D eigenvalue weighted by molar-refractivity contribution is 6.00. The third kappa shape index (κ3) is 13.4. The van der Waals surface area contributed by atoms with Crippen molar-refractivity contribution in [2.24, 2.45) is 30.7 Å². The average Bonchev–Trinajstić information content (AvgIpc) is 3.26. The quantitative estimate of drug-likeness (QED) is 0.0278. The van der Waals surface area contributed by atoms with Crippen molar-refractivity contribution in [3.05, 3.63) is 181 Å². The molecular weight excluding hydrogens is 705 g/mol. The van der Waals surface area contributed by atoms with Gasteiger partial charge in [-0.05, 0) is 97.1 Å². The molecule has 0 spiro atoms. The van der Waals surface area contributed by atoms with Crippen molar-refractivity contribution in [2.75, 3.05) is 50.5 Å². The highest BCUT2D eigenvalue weighted by Crippen LogP contribution is 2.19. The first-order chi connectivity index (χ1) is 27.8. The Balaban J connectivity index is 0.881. The molecule has 12 heteroatoms. The van der Waals surface area contributed by atoms with E-state index in [0.29, 0.717) is 62.8 Å². The summed E-state index contributed by atoms with van der Waals surface area (Å²) in [7, 11) is 0. The molecule has 2 N–H and O–H groups in total. The van der Waals surface area contributed by atoms with Gasteiger partial charge in [-0.1, -0.05) is 72.8 Å². The smallest absolute Gasteiger partial charge is 0.201 e. The molecule has 0 saturated carbocycles. The molecule has 0 aliphatic rings. The first kappa shape index (κ1) is 38.7. The van der Waals surface area contributed by atoms with Crippen molar-refractivity contribution in [1.29, 1.82) is 0 Å². The minimum atomic E-state index is 0.394. The van der Waals surface area contributed by atoms with Gasteiger partial charge in [0.15, 0.2) is 0 Å². The van der Waals surface area contributed by atoms with Crippen molar-refractivity contribution in [3.63, 3.8) is 0 Å². The van der Waals surface area contributed by atoms with Crippen LogP contribution in [-0.2, 0) is 9.47 Å². The lowest BCUT2D eigenvalue weighted by molar-refractivity contribution is 0.0273. The average molecular weight is 747 g/mol. The van der Waals surface area contributed by atoms with E-state index in [1.807, 2.05) is 170 Å². The molecule has 6 aromatic carbocycles. The van der Waals surface area contributed by atoms with Gasteiger partial charge in [0.1, 0.15) is 24.7 Å². The zero-order valence-electron chi connectivity index (χ0n) is 30.7. The van der Waals surface area contributed by atoms with Crippen LogP contribution in [0.1, 0.15) is 11.1 Å². The van der Waals surface area contributed by atoms with E-state index < -0.39 is 0 Å². The molecule has 0 aromatic heterocycles. The number of amidine groups is 2. The minimum Gasteiger partial charge on any atom is -0.491 e. The molecule has 0 heterocycles. The fourth-order valence-corrected chi connectivity index (χ4v) is 4.91. The summed E-state index contributed by atoms with van der Waals surface area (Å²) in [6.07, 6.45) is 0. The van der Waals surface area contributed by atoms with Gasteiger partial charge in [-0.25, -0.2) is 0 Å². The molecule has 0 aliphatic carbocycles. The van der Waals surface area contributed by atoms with Gasteiger partial charge in [0.2, 0.25) is 11.7 Å². The fourth-order valence-electron chi connectivity index (χ4n) is 4.91. The summed E-state index contributed by atoms with van der Waals surface area (Å²) < 4.78 is 23.1. The van der Waals surface area contributed by atoms with Crippen LogP contribution in [0.4, 0.5) is 22.7 Å². The molecule has 6 aromatic rings. The van der Waals surface area contributed by atoms with E-state index in [1.54, 1.807) is 0 Å². The van der Waals surface area contributed by atoms with Gasteiger partial charge in [-0.15, -0.1) is 20.5 Å². The van der Waals surface area contributed by atoms with E-state index in [1.165, 1.54) is 0 Å². The molecule has 0 amide bonds. The summed E-state index contributed by atoms with van der Waals surface area (Å²) in [5, 5.41) is 26.5. The van der Waals surface area contributed by atoms with Crippen LogP contribution in [0.3, 0.4) is 0 Å². The summed E-state index contributed by atoms with van der Waals surface area (Å²) in [4.78, 5) is 0. The number of nitrogens with zero attached hydrogens (tertiary/aromatic N) is 6. The molecule has 0 saturated heterocycles. The lowest BCUT2D eigenvalue weighted by atomic mass is 10.2. The van der Waals surface area contributed by atoms with Crippen LogP contribution < -0.4 is 20.3 Å². The molecule has 0 aliphatic heterocycles. The normalized spacial score (nSPS) is 11.9. The Morgan fingerprint density at radius 3 is 1.09 bits per heavy atom. The highest BCUT2D eigenvalue weighted by atomic mass is 16.6. The zero-order valence-corrected chi connectivity index (χ0v) is 30.7. The first-order valence-electron chi connectivity index (χ1n) is 18.1. The number of azo groups is 2. The monoisotopic (exact) mass is 746 g/mol. The van der Waals surface area contributed by atoms with Crippen molar-refractivity contribution in [3.8, 4) is 11.5 Å². The molecule has 12 nitrogen and oxygen atoms in total. The summed E-state index contributed by atoms with van der Waals surface area (Å²) in [6, 6.07) is 53.5. The van der Waals surface area contributed by atoms with E-state index in [9.17, 15) is 0 Å². The maximum atomic E-state index is 5.87. The van der Waals surface area contributed by atoms with Crippen LogP contribution in [0.15, 0.2) is 201 Å². The first-order valence-corrected chi connectivity index (χ1v) is 18.1. The Kier molecular flexibility index (Phi) is 15.4. The van der Waals surface area contributed by atoms with Crippen molar-refractivity contribution in [1.82, 2.24) is 0 Å². The maximum Gasteiger partial charge on any atom is 0.201 e. The second-order valence-electron chi connectivity index (χ2n) is 11.9. The van der Waals surface area contributed by atoms with E-state index in [4.69, 9.17) is 18.9 Å². The van der Waals surface area contributed by atoms with Crippen molar-refractivity contribution in [2.45, 2.75) is 0 Å². The predicted molar refractivity (Wildman–Crippen MR) is 221 cm³/mol. The lowest BCUT2D eigenvalue weighted by Crippen LogP contribution is -2.13. The molecule has 56 heavy (non-hydrogen) atoms. The van der Waals surface area contributed by atoms with Crippen molar-refractivity contribution < 1.29 is 18.9 Å². The number of anilines is 2. The number of benzene rings is 6. The number of hydrogen-bond acceptors (Lipinski definition) is 10. The van der Waals surface area contributed by atoms with Crippen LogP contribution in [0.2, 0.25) is 0 Å². The Hall–Kier alpha value is -7.02. The van der Waals surface area contributed by atoms with Gasteiger partial charge in [0.05, 0.1) is 49.2 Å². The third-order valence-corrected chi connectivity index (χ3v) is 7.75. The SMILES string of the molecule is c1ccc(N=NC(=NNc2ccccc2)c2ccc(OCCOCCOCCOc3ccc(C(N=Nc4ccccc4)=NNc4ccccc4)cc3)cc2)cc1. The maximum absolute atomic E-state index is 5.87. The molecule has 0 bridgehead atoms. The third-order valence-electron chi connectivity index (χ3n) is 7.75. The number of rotatable bonds is 19. The molecule has 0 radical (unpaired) electrons. The molecule has 0 unspecified atom stereocenters. The second-order valence-corrected chi connectivity index (χ2v) is 11.9. The number of hydrazone groups is 2. The zero-order chi connectivity index (χ0) is 38.3. The molecule has 6 rings (SSSR count). The largest absolute Gasteiger partial charge is 0.491 e. The van der Waals surface area contributed by atoms with Gasteiger partial charge < -0.3 is 18.9 Å². The van der Waals surface area contributed by atoms with Gasteiger partial charge in [-0.2, -0.15) is 10.2 Å². The van der Waals surface area contributed by atoms with Gasteiger partial charge >= 0.3 is 0 Å². The lowest BCUT2D eigenvalue weighted by Gasteiger charge is -2.10. The number of para-hydroxylation sites is 2. The second kappa shape index (κ2) is 22.3. The van der Waals surface area contributed by atoms with Gasteiger partial charge in [-0.3, -0.25) is 10.9 Å². The van der Waals surface area contributed by atoms with Crippen LogP contribution >= 0.6 is 0 Å². The summed E-state index contributed by atoms with van der Waals surface area (Å²) in [6.45, 7) is 2.51. The van der Waals surface area contributed by atoms with E-state index in [-0.39, 0.29) is 0 Å². The Labute approximate surface area is 326 Å². The van der Waals surface area contributed by atoms with Gasteiger partial charge in [0.25, 0.3) is 0 Å². The summed E-state index contributed by atoms with van der Waals surface area (Å²) in [5.41, 5.74) is 10.8. The van der Waals surface area contributed by atoms with Crippen molar-refractivity contribution >= 4 is 34.4 Å². The number of hydrogen-bond donors (Lipinski definition) is 2. The Bertz CT molecular complexity index is 1980. The van der Waals surface area contributed by atoms with Crippen LogP contribution in [0.5, 0.6) is 11.5 Å². The van der Waals surface area contributed by atoms with E-state index in [2.05, 4.69) is 41.5 Å². The summed E-state index contributed by atoms with van der Waals surface area (Å²) >= 11 is 0.